The zero-order valence-electron chi connectivity index (χ0n) is 11.5. The number of hydrogen-bond donors (Lipinski definition) is 1. The van der Waals surface area contributed by atoms with Crippen molar-refractivity contribution in [2.24, 2.45) is 7.05 Å². The van der Waals surface area contributed by atoms with Gasteiger partial charge in [-0.1, -0.05) is 6.08 Å². The minimum absolute atomic E-state index is 0. The van der Waals surface area contributed by atoms with Crippen LogP contribution in [0.25, 0.3) is 0 Å². The standard InChI is InChI=1S/C14H23N3.2ClH/c1-3-4-6-14(13-7-5-10-16(13)2)17-11-8-15-9-12-17;;/h3,5,7,10,14-15H,1,4,6,8-9,11-12H2,2H3;2*1H/t14-;;/m1../s1. The highest BCUT2D eigenvalue weighted by atomic mass is 35.5. The minimum Gasteiger partial charge on any atom is -0.353 e. The predicted molar refractivity (Wildman–Crippen MR) is 86.5 cm³/mol. The molecule has 110 valence electrons. The molecule has 5 heteroatoms. The van der Waals surface area contributed by atoms with Crippen LogP contribution in [0, 0.1) is 0 Å². The largest absolute Gasteiger partial charge is 0.353 e. The van der Waals surface area contributed by atoms with Crippen molar-refractivity contribution in [2.75, 3.05) is 26.2 Å². The number of aryl methyl sites for hydroxylation is 1. The molecule has 1 aromatic heterocycles. The Kier molecular flexibility index (Phi) is 9.19. The summed E-state index contributed by atoms with van der Waals surface area (Å²) in [5, 5.41) is 3.42. The van der Waals surface area contributed by atoms with Gasteiger partial charge in [0.05, 0.1) is 6.04 Å². The SMILES string of the molecule is C=CCC[C@H](c1cccn1C)N1CCNCC1.Cl.Cl. The maximum absolute atomic E-state index is 3.84. The average Bonchev–Trinajstić information content (AvgIpc) is 2.78. The van der Waals surface area contributed by atoms with E-state index < -0.39 is 0 Å². The van der Waals surface area contributed by atoms with E-state index in [4.69, 9.17) is 0 Å². The number of rotatable bonds is 5. The maximum atomic E-state index is 3.84. The fourth-order valence-electron chi connectivity index (χ4n) is 2.61. The van der Waals surface area contributed by atoms with Crippen LogP contribution in [0.5, 0.6) is 0 Å². The predicted octanol–water partition coefficient (Wildman–Crippen LogP) is 2.78. The van der Waals surface area contributed by atoms with Gasteiger partial charge in [-0.05, 0) is 25.0 Å². The van der Waals surface area contributed by atoms with E-state index in [9.17, 15) is 0 Å². The molecule has 1 aromatic rings. The Hall–Kier alpha value is -0.480. The van der Waals surface area contributed by atoms with E-state index in [0.29, 0.717) is 6.04 Å². The molecule has 1 aliphatic heterocycles. The van der Waals surface area contributed by atoms with Crippen molar-refractivity contribution in [1.82, 2.24) is 14.8 Å². The fraction of sp³-hybridized carbons (Fsp3) is 0.571. The highest BCUT2D eigenvalue weighted by Crippen LogP contribution is 2.26. The van der Waals surface area contributed by atoms with Crippen molar-refractivity contribution in [3.8, 4) is 0 Å². The Balaban J connectivity index is 0.00000162. The van der Waals surface area contributed by atoms with E-state index in [-0.39, 0.29) is 24.8 Å². The molecule has 0 aromatic carbocycles. The summed E-state index contributed by atoms with van der Waals surface area (Å²) in [6.07, 6.45) is 6.41. The molecule has 2 rings (SSSR count). The number of nitrogens with one attached hydrogen (secondary N) is 1. The van der Waals surface area contributed by atoms with Crippen LogP contribution in [0.15, 0.2) is 31.0 Å². The van der Waals surface area contributed by atoms with Crippen molar-refractivity contribution in [2.45, 2.75) is 18.9 Å². The quantitative estimate of drug-likeness (QED) is 0.844. The Morgan fingerprint density at radius 2 is 2.05 bits per heavy atom. The zero-order valence-corrected chi connectivity index (χ0v) is 13.2. The van der Waals surface area contributed by atoms with E-state index in [0.717, 1.165) is 32.6 Å². The third kappa shape index (κ3) is 4.84. The van der Waals surface area contributed by atoms with Gasteiger partial charge in [0.15, 0.2) is 0 Å². The van der Waals surface area contributed by atoms with Gasteiger partial charge < -0.3 is 9.88 Å². The molecule has 1 atom stereocenters. The fourth-order valence-corrected chi connectivity index (χ4v) is 2.61. The molecule has 0 bridgehead atoms. The third-order valence-electron chi connectivity index (χ3n) is 3.56. The van der Waals surface area contributed by atoms with Crippen molar-refractivity contribution in [3.05, 3.63) is 36.7 Å². The first-order valence-electron chi connectivity index (χ1n) is 6.50. The van der Waals surface area contributed by atoms with Crippen molar-refractivity contribution >= 4 is 24.8 Å². The molecule has 0 aliphatic carbocycles. The first-order valence-corrected chi connectivity index (χ1v) is 6.50. The topological polar surface area (TPSA) is 20.2 Å². The average molecular weight is 306 g/mol. The Labute approximate surface area is 128 Å². The van der Waals surface area contributed by atoms with Gasteiger partial charge in [-0.15, -0.1) is 31.4 Å². The summed E-state index contributed by atoms with van der Waals surface area (Å²) in [6.45, 7) is 8.35. The van der Waals surface area contributed by atoms with Crippen LogP contribution in [-0.4, -0.2) is 35.6 Å². The number of allylic oxidation sites excluding steroid dienone is 1. The number of nitrogens with zero attached hydrogens (tertiary/aromatic N) is 2. The Bertz CT molecular complexity index is 359. The lowest BCUT2D eigenvalue weighted by Gasteiger charge is -2.35. The molecular formula is C14H25Cl2N3. The minimum atomic E-state index is 0. The Morgan fingerprint density at radius 1 is 1.37 bits per heavy atom. The van der Waals surface area contributed by atoms with Gasteiger partial charge in [0.1, 0.15) is 0 Å². The lowest BCUT2D eigenvalue weighted by molar-refractivity contribution is 0.161. The molecule has 0 saturated carbocycles. The molecule has 3 nitrogen and oxygen atoms in total. The molecule has 0 unspecified atom stereocenters. The molecular weight excluding hydrogens is 281 g/mol. The second kappa shape index (κ2) is 9.43. The highest BCUT2D eigenvalue weighted by molar-refractivity contribution is 5.85. The first kappa shape index (κ1) is 18.5. The molecule has 1 fully saturated rings. The van der Waals surface area contributed by atoms with E-state index in [1.54, 1.807) is 0 Å². The number of aromatic nitrogens is 1. The third-order valence-corrected chi connectivity index (χ3v) is 3.56. The molecule has 2 heterocycles. The van der Waals surface area contributed by atoms with E-state index in [1.165, 1.54) is 12.1 Å². The number of hydrogen-bond acceptors (Lipinski definition) is 2. The molecule has 1 saturated heterocycles. The lowest BCUT2D eigenvalue weighted by atomic mass is 10.0. The van der Waals surface area contributed by atoms with Crippen LogP contribution in [0.3, 0.4) is 0 Å². The summed E-state index contributed by atoms with van der Waals surface area (Å²) < 4.78 is 2.25. The summed E-state index contributed by atoms with van der Waals surface area (Å²) in [6, 6.07) is 4.92. The maximum Gasteiger partial charge on any atom is 0.0504 e. The van der Waals surface area contributed by atoms with E-state index in [1.807, 2.05) is 6.08 Å². The van der Waals surface area contributed by atoms with Gasteiger partial charge in [-0.25, -0.2) is 0 Å². The summed E-state index contributed by atoms with van der Waals surface area (Å²) in [7, 11) is 2.14. The van der Waals surface area contributed by atoms with Gasteiger partial charge in [-0.2, -0.15) is 0 Å². The van der Waals surface area contributed by atoms with Crippen LogP contribution in [0.4, 0.5) is 0 Å². The van der Waals surface area contributed by atoms with Gasteiger partial charge in [0.25, 0.3) is 0 Å². The van der Waals surface area contributed by atoms with Gasteiger partial charge >= 0.3 is 0 Å². The van der Waals surface area contributed by atoms with Crippen LogP contribution >= 0.6 is 24.8 Å². The molecule has 0 amide bonds. The normalized spacial score (nSPS) is 17.1. The second-order valence-electron chi connectivity index (χ2n) is 4.71. The summed E-state index contributed by atoms with van der Waals surface area (Å²) >= 11 is 0. The smallest absolute Gasteiger partial charge is 0.0504 e. The number of piperazine rings is 1. The first-order chi connectivity index (χ1) is 8.33. The molecule has 19 heavy (non-hydrogen) atoms. The summed E-state index contributed by atoms with van der Waals surface area (Å²) in [4.78, 5) is 2.59. The van der Waals surface area contributed by atoms with Gasteiger partial charge in [0.2, 0.25) is 0 Å². The van der Waals surface area contributed by atoms with Crippen LogP contribution in [0.2, 0.25) is 0 Å². The lowest BCUT2D eigenvalue weighted by Crippen LogP contribution is -2.45. The van der Waals surface area contributed by atoms with Crippen LogP contribution in [0.1, 0.15) is 24.6 Å². The van der Waals surface area contributed by atoms with Crippen molar-refractivity contribution < 1.29 is 0 Å². The highest BCUT2D eigenvalue weighted by Gasteiger charge is 2.22. The molecule has 0 radical (unpaired) electrons. The van der Waals surface area contributed by atoms with Gasteiger partial charge in [-0.3, -0.25) is 4.90 Å². The van der Waals surface area contributed by atoms with Crippen molar-refractivity contribution in [1.29, 1.82) is 0 Å². The Morgan fingerprint density at radius 3 is 2.58 bits per heavy atom. The second-order valence-corrected chi connectivity index (χ2v) is 4.71. The van der Waals surface area contributed by atoms with Crippen LogP contribution in [-0.2, 0) is 7.05 Å². The van der Waals surface area contributed by atoms with Crippen LogP contribution < -0.4 is 5.32 Å². The van der Waals surface area contributed by atoms with E-state index >= 15 is 0 Å². The van der Waals surface area contributed by atoms with Gasteiger partial charge in [0, 0.05) is 45.1 Å². The molecule has 1 N–H and O–H groups in total. The number of halogens is 2. The monoisotopic (exact) mass is 305 g/mol. The van der Waals surface area contributed by atoms with E-state index in [2.05, 4.69) is 46.7 Å². The molecule has 1 aliphatic rings. The summed E-state index contributed by atoms with van der Waals surface area (Å²) in [5.41, 5.74) is 1.42. The molecule has 0 spiro atoms. The zero-order chi connectivity index (χ0) is 12.1. The van der Waals surface area contributed by atoms with Crippen molar-refractivity contribution in [3.63, 3.8) is 0 Å². The summed E-state index contributed by atoms with van der Waals surface area (Å²) in [5.74, 6) is 0.